The Morgan fingerprint density at radius 1 is 1.58 bits per heavy atom. The van der Waals surface area contributed by atoms with Crippen molar-refractivity contribution in [1.29, 1.82) is 0 Å². The highest BCUT2D eigenvalue weighted by atomic mass is 16.5. The molecule has 1 heterocycles. The third-order valence-corrected chi connectivity index (χ3v) is 2.39. The van der Waals surface area contributed by atoms with Crippen molar-refractivity contribution in [1.82, 2.24) is 5.01 Å². The van der Waals surface area contributed by atoms with Crippen LogP contribution in [0.4, 0.5) is 0 Å². The van der Waals surface area contributed by atoms with Crippen LogP contribution in [0, 0.1) is 4.91 Å². The molecule has 2 rings (SSSR count). The highest BCUT2D eigenvalue weighted by Gasteiger charge is 2.36. The summed E-state index contributed by atoms with van der Waals surface area (Å²) in [5.41, 5.74) is -0.409. The number of nitroso groups, excluding NO2 is 1. The van der Waals surface area contributed by atoms with Crippen molar-refractivity contribution in [3.05, 3.63) is 40.8 Å². The molecule has 0 unspecified atom stereocenters. The van der Waals surface area contributed by atoms with Gasteiger partial charge in [-0.3, -0.25) is 9.80 Å². The Labute approximate surface area is 126 Å². The summed E-state index contributed by atoms with van der Waals surface area (Å²) in [6, 6.07) is 2.64. The van der Waals surface area contributed by atoms with Crippen LogP contribution in [0.15, 0.2) is 35.6 Å². The Kier molecular flexibility index (Phi) is 1.86. The van der Waals surface area contributed by atoms with E-state index in [1.165, 1.54) is 18.2 Å². The minimum atomic E-state index is -3.81. The van der Waals surface area contributed by atoms with Gasteiger partial charge in [0.05, 0.1) is 22.5 Å². The van der Waals surface area contributed by atoms with Crippen molar-refractivity contribution < 1.29 is 23.2 Å². The number of benzene rings is 1. The lowest BCUT2D eigenvalue weighted by Gasteiger charge is -2.35. The molecule has 19 heavy (non-hydrogen) atoms. The van der Waals surface area contributed by atoms with Crippen molar-refractivity contribution in [2.75, 3.05) is 13.6 Å². The highest BCUT2D eigenvalue weighted by molar-refractivity contribution is 5.79. The van der Waals surface area contributed by atoms with E-state index < -0.39 is 54.1 Å². The predicted molar refractivity (Wildman–Crippen MR) is 71.3 cm³/mol. The van der Waals surface area contributed by atoms with Gasteiger partial charge in [-0.2, -0.15) is 0 Å². The quantitative estimate of drug-likeness (QED) is 0.624. The standard InChI is InChI=1S/C14H18N2O3/c1-19-14(17)13(11-7-3-2-4-8-11)12-9-5-6-10-16(12)15-18/h2-4,7-8,12-13H,5-6,9-10H2,1H3/t12-,13+/m1/s1/i5D2,6D2,9D2,10D2,12D,13D. The first-order valence-corrected chi connectivity index (χ1v) is 5.31. The van der Waals surface area contributed by atoms with Gasteiger partial charge in [0.2, 0.25) is 0 Å². The van der Waals surface area contributed by atoms with Crippen LogP contribution in [-0.2, 0) is 9.53 Å². The van der Waals surface area contributed by atoms with Gasteiger partial charge in [0.1, 0.15) is 5.89 Å². The molecule has 1 aromatic carbocycles. The van der Waals surface area contributed by atoms with Gasteiger partial charge in [0.25, 0.3) is 0 Å². The maximum atomic E-state index is 12.7. The molecular weight excluding hydrogens is 244 g/mol. The van der Waals surface area contributed by atoms with Crippen LogP contribution < -0.4 is 0 Å². The van der Waals surface area contributed by atoms with Gasteiger partial charge in [-0.15, -0.1) is 4.91 Å². The summed E-state index contributed by atoms with van der Waals surface area (Å²) in [5.74, 6) is -4.83. The predicted octanol–water partition coefficient (Wildman–Crippen LogP) is 2.48. The van der Waals surface area contributed by atoms with E-state index in [4.69, 9.17) is 13.7 Å². The van der Waals surface area contributed by atoms with Gasteiger partial charge < -0.3 is 4.74 Å². The zero-order valence-electron chi connectivity index (χ0n) is 20.0. The average Bonchev–Trinajstić information content (AvgIpc) is 2.65. The molecule has 1 aromatic rings. The maximum Gasteiger partial charge on any atom is 0.315 e. The summed E-state index contributed by atoms with van der Waals surface area (Å²) in [4.78, 5) is 24.3. The number of hydrogen-bond donors (Lipinski definition) is 0. The lowest BCUT2D eigenvalue weighted by Crippen LogP contribution is -2.42. The van der Waals surface area contributed by atoms with Crippen LogP contribution in [0.5, 0.6) is 0 Å². The molecule has 0 aliphatic carbocycles. The number of ether oxygens (including phenoxy) is 1. The van der Waals surface area contributed by atoms with E-state index in [9.17, 15) is 9.70 Å². The Balaban J connectivity index is 3.04. The van der Waals surface area contributed by atoms with E-state index >= 15 is 0 Å². The molecule has 5 heteroatoms. The molecule has 0 bridgehead atoms. The third-order valence-electron chi connectivity index (χ3n) is 2.39. The van der Waals surface area contributed by atoms with E-state index in [1.54, 1.807) is 0 Å². The van der Waals surface area contributed by atoms with Crippen LogP contribution in [0.25, 0.3) is 0 Å². The molecular formula is C14H18N2O3. The van der Waals surface area contributed by atoms with Crippen molar-refractivity contribution >= 4 is 5.97 Å². The van der Waals surface area contributed by atoms with Crippen molar-refractivity contribution in [2.24, 2.45) is 5.29 Å². The number of hydrogen-bond acceptors (Lipinski definition) is 4. The Hall–Kier alpha value is -1.91. The maximum absolute atomic E-state index is 12.7. The largest absolute Gasteiger partial charge is 0.468 e. The molecule has 5 nitrogen and oxygen atoms in total. The van der Waals surface area contributed by atoms with Gasteiger partial charge >= 0.3 is 5.97 Å². The number of methoxy groups -OCH3 is 1. The van der Waals surface area contributed by atoms with E-state index in [2.05, 4.69) is 10.0 Å². The fourth-order valence-corrected chi connectivity index (χ4v) is 1.57. The van der Waals surface area contributed by atoms with Gasteiger partial charge in [0, 0.05) is 16.1 Å². The molecule has 1 aliphatic heterocycles. The number of piperidine rings is 1. The molecule has 2 atom stereocenters. The van der Waals surface area contributed by atoms with E-state index in [0.29, 0.717) is 0 Å². The van der Waals surface area contributed by atoms with Gasteiger partial charge in [0.15, 0.2) is 0 Å². The SMILES string of the molecule is [2H]C1([2H])N(N=O)[C@@]([2H])([C@@]([2H])(C(=O)OC)c2ccccc2)C([2H])([2H])C([2H])([2H])C1([2H])[2H]. The fourth-order valence-electron chi connectivity index (χ4n) is 1.57. The molecule has 1 fully saturated rings. The zero-order chi connectivity index (χ0) is 22.7. The van der Waals surface area contributed by atoms with E-state index in [0.717, 1.165) is 19.2 Å². The number of nitrogens with zero attached hydrogens (tertiary/aromatic N) is 2. The number of carbonyl (C=O) groups is 1. The normalized spacial score (nSPS) is 44.6. The number of rotatable bonds is 4. The molecule has 0 amide bonds. The molecule has 0 spiro atoms. The molecule has 0 radical (unpaired) electrons. The highest BCUT2D eigenvalue weighted by Crippen LogP contribution is 2.31. The molecule has 0 aromatic heterocycles. The molecule has 0 saturated carbocycles. The van der Waals surface area contributed by atoms with Crippen LogP contribution in [0.2, 0.25) is 0 Å². The van der Waals surface area contributed by atoms with Crippen molar-refractivity contribution in [3.63, 3.8) is 0 Å². The third kappa shape index (κ3) is 2.92. The first kappa shape index (κ1) is 5.61. The van der Waals surface area contributed by atoms with Crippen LogP contribution in [0.1, 0.15) is 44.3 Å². The summed E-state index contributed by atoms with van der Waals surface area (Å²) < 4.78 is 86.1. The van der Waals surface area contributed by atoms with Gasteiger partial charge in [-0.05, 0) is 24.7 Å². The Bertz CT molecular complexity index is 821. The topological polar surface area (TPSA) is 59.0 Å². The van der Waals surface area contributed by atoms with E-state index in [1.807, 2.05) is 0 Å². The summed E-state index contributed by atoms with van der Waals surface area (Å²) in [6.45, 7) is -3.71. The smallest absolute Gasteiger partial charge is 0.315 e. The molecule has 1 aliphatic rings. The molecule has 0 N–H and O–H groups in total. The summed E-state index contributed by atoms with van der Waals surface area (Å²) >= 11 is 0. The monoisotopic (exact) mass is 272 g/mol. The number of esters is 1. The zero-order valence-corrected chi connectivity index (χ0v) is 10.0. The van der Waals surface area contributed by atoms with Gasteiger partial charge in [-0.25, -0.2) is 0 Å². The Morgan fingerprint density at radius 2 is 2.32 bits per heavy atom. The summed E-state index contributed by atoms with van der Waals surface area (Å²) in [5, 5.41) is 1.74. The first-order chi connectivity index (χ1) is 13.0. The lowest BCUT2D eigenvalue weighted by atomic mass is 9.86. The summed E-state index contributed by atoms with van der Waals surface area (Å²) in [6.07, 6.45) is -11.3. The first-order valence-electron chi connectivity index (χ1n) is 10.3. The van der Waals surface area contributed by atoms with Crippen LogP contribution >= 0.6 is 0 Å². The van der Waals surface area contributed by atoms with E-state index in [-0.39, 0.29) is 0 Å². The summed E-state index contributed by atoms with van der Waals surface area (Å²) in [7, 11) is 0.817. The minimum Gasteiger partial charge on any atom is -0.468 e. The second-order valence-corrected chi connectivity index (χ2v) is 3.46. The van der Waals surface area contributed by atoms with Crippen molar-refractivity contribution in [2.45, 2.75) is 31.0 Å². The molecule has 1 saturated heterocycles. The van der Waals surface area contributed by atoms with Crippen molar-refractivity contribution in [3.8, 4) is 0 Å². The minimum absolute atomic E-state index is 0.409. The Morgan fingerprint density at radius 3 is 2.95 bits per heavy atom. The van der Waals surface area contributed by atoms with Gasteiger partial charge in [-0.1, -0.05) is 30.3 Å². The molecule has 102 valence electrons. The second-order valence-electron chi connectivity index (χ2n) is 3.46. The number of carbonyl (C=O) groups excluding carboxylic acids is 1. The van der Waals surface area contributed by atoms with Crippen LogP contribution in [0.3, 0.4) is 0 Å². The fraction of sp³-hybridized carbons (Fsp3) is 0.500. The van der Waals surface area contributed by atoms with Crippen LogP contribution in [-0.4, -0.2) is 30.6 Å². The second kappa shape index (κ2) is 6.31. The average molecular weight is 272 g/mol. The lowest BCUT2D eigenvalue weighted by molar-refractivity contribution is -0.144.